The molecule has 1 aliphatic heterocycles. The van der Waals surface area contributed by atoms with Gasteiger partial charge in [-0.25, -0.2) is 13.4 Å². The standard InChI is InChI=1S/C29H32ClN5O5S2/c1-20-18-35-26(32-20)4-3-5-27(35)33-12-13-34(25(19-33)29(37)31-11-14-41(2)38)28(36)10-15-42(39,40)24-9-7-21-16-23(30)8-6-22(21)17-24/h3-9,16-18,25H,10-15,19H2,1-2H3,(H,31,37). The zero-order valence-corrected chi connectivity index (χ0v) is 25.7. The highest BCUT2D eigenvalue weighted by Gasteiger charge is 2.36. The number of amides is 2. The smallest absolute Gasteiger partial charge is 0.244 e. The number of benzene rings is 2. The number of rotatable bonds is 9. The third-order valence-corrected chi connectivity index (χ3v) is 10.1. The van der Waals surface area contributed by atoms with Crippen LogP contribution in [0.4, 0.5) is 5.82 Å². The number of carbonyl (C=O) groups is 2. The fourth-order valence-corrected chi connectivity index (χ4v) is 7.03. The summed E-state index contributed by atoms with van der Waals surface area (Å²) in [5.74, 6) is -0.0416. The molecular weight excluding hydrogens is 598 g/mol. The van der Waals surface area contributed by atoms with Gasteiger partial charge in [0.15, 0.2) is 9.84 Å². The number of aryl methyl sites for hydroxylation is 1. The predicted molar refractivity (Wildman–Crippen MR) is 165 cm³/mol. The summed E-state index contributed by atoms with van der Waals surface area (Å²) in [7, 11) is -4.85. The van der Waals surface area contributed by atoms with Gasteiger partial charge in [-0.3, -0.25) is 18.2 Å². The Morgan fingerprint density at radius 3 is 2.64 bits per heavy atom. The Hall–Kier alpha value is -3.48. The van der Waals surface area contributed by atoms with E-state index in [9.17, 15) is 22.2 Å². The van der Waals surface area contributed by atoms with Gasteiger partial charge in [-0.05, 0) is 54.1 Å². The van der Waals surface area contributed by atoms with E-state index in [4.69, 9.17) is 11.6 Å². The van der Waals surface area contributed by atoms with Crippen LogP contribution in [-0.2, 0) is 30.2 Å². The molecule has 0 spiro atoms. The van der Waals surface area contributed by atoms with Crippen molar-refractivity contribution in [3.63, 3.8) is 0 Å². The van der Waals surface area contributed by atoms with Crippen molar-refractivity contribution in [3.8, 4) is 0 Å². The number of hydrogen-bond acceptors (Lipinski definition) is 7. The molecule has 42 heavy (non-hydrogen) atoms. The maximum Gasteiger partial charge on any atom is 0.244 e. The van der Waals surface area contributed by atoms with E-state index in [0.29, 0.717) is 17.3 Å². The lowest BCUT2D eigenvalue weighted by Crippen LogP contribution is -2.61. The summed E-state index contributed by atoms with van der Waals surface area (Å²) in [4.78, 5) is 34.9. The van der Waals surface area contributed by atoms with Gasteiger partial charge in [-0.15, -0.1) is 0 Å². The second kappa shape index (κ2) is 12.4. The van der Waals surface area contributed by atoms with E-state index in [2.05, 4.69) is 10.3 Å². The normalized spacial score (nSPS) is 16.6. The topological polar surface area (TPSA) is 121 Å². The quantitative estimate of drug-likeness (QED) is 0.302. The molecule has 222 valence electrons. The molecule has 2 aromatic carbocycles. The van der Waals surface area contributed by atoms with Gasteiger partial charge in [-0.1, -0.05) is 29.8 Å². The Kier molecular flexibility index (Phi) is 8.86. The number of fused-ring (bicyclic) bond motifs is 2. The summed E-state index contributed by atoms with van der Waals surface area (Å²) in [5, 5.41) is 4.91. The Bertz CT molecular complexity index is 1790. The maximum absolute atomic E-state index is 13.5. The number of nitrogens with zero attached hydrogens (tertiary/aromatic N) is 4. The molecule has 1 aliphatic rings. The Balaban J connectivity index is 1.33. The summed E-state index contributed by atoms with van der Waals surface area (Å²) in [6, 6.07) is 14.9. The van der Waals surface area contributed by atoms with Crippen LogP contribution in [0, 0.1) is 6.92 Å². The lowest BCUT2D eigenvalue weighted by Gasteiger charge is -2.41. The zero-order chi connectivity index (χ0) is 30.0. The molecule has 1 fully saturated rings. The molecule has 2 amide bonds. The van der Waals surface area contributed by atoms with E-state index in [1.54, 1.807) is 36.6 Å². The van der Waals surface area contributed by atoms with Crippen molar-refractivity contribution in [2.75, 3.05) is 48.8 Å². The highest BCUT2D eigenvalue weighted by Crippen LogP contribution is 2.25. The maximum atomic E-state index is 13.5. The van der Waals surface area contributed by atoms with Crippen LogP contribution in [0.5, 0.6) is 0 Å². The lowest BCUT2D eigenvalue weighted by atomic mass is 10.1. The largest absolute Gasteiger partial charge is 0.353 e. The van der Waals surface area contributed by atoms with Gasteiger partial charge >= 0.3 is 0 Å². The van der Waals surface area contributed by atoms with Gasteiger partial charge in [0.25, 0.3) is 0 Å². The monoisotopic (exact) mass is 629 g/mol. The van der Waals surface area contributed by atoms with E-state index in [1.807, 2.05) is 40.6 Å². The number of halogens is 1. The highest BCUT2D eigenvalue weighted by atomic mass is 35.5. The third-order valence-electron chi connectivity index (χ3n) is 7.32. The van der Waals surface area contributed by atoms with Crippen molar-refractivity contribution < 1.29 is 22.2 Å². The van der Waals surface area contributed by atoms with Gasteiger partial charge in [-0.2, -0.15) is 0 Å². The van der Waals surface area contributed by atoms with Crippen molar-refractivity contribution >= 4 is 66.3 Å². The Morgan fingerprint density at radius 1 is 1.10 bits per heavy atom. The Morgan fingerprint density at radius 2 is 1.86 bits per heavy atom. The molecule has 2 unspecified atom stereocenters. The van der Waals surface area contributed by atoms with Crippen LogP contribution in [0.2, 0.25) is 5.02 Å². The second-order valence-corrected chi connectivity index (χ2v) is 14.4. The van der Waals surface area contributed by atoms with Crippen molar-refractivity contribution in [1.29, 1.82) is 0 Å². The van der Waals surface area contributed by atoms with E-state index >= 15 is 0 Å². The summed E-state index contributed by atoms with van der Waals surface area (Å²) in [5.41, 5.74) is 1.63. The molecule has 2 aromatic heterocycles. The SMILES string of the molecule is Cc1cn2c(N3CCN(C(=O)CCS(=O)(=O)c4ccc5cc(Cl)ccc5c4)C(C(=O)NCCS(C)=O)C3)cccc2n1. The van der Waals surface area contributed by atoms with Gasteiger partial charge < -0.3 is 15.1 Å². The van der Waals surface area contributed by atoms with Gasteiger partial charge in [0.2, 0.25) is 11.8 Å². The molecule has 0 aliphatic carbocycles. The van der Waals surface area contributed by atoms with E-state index in [-0.39, 0.29) is 42.6 Å². The molecule has 2 atom stereocenters. The third kappa shape index (κ3) is 6.61. The molecule has 10 nitrogen and oxygen atoms in total. The van der Waals surface area contributed by atoms with Crippen LogP contribution in [0.25, 0.3) is 16.4 Å². The first-order chi connectivity index (χ1) is 20.0. The van der Waals surface area contributed by atoms with Crippen LogP contribution < -0.4 is 10.2 Å². The minimum absolute atomic E-state index is 0.125. The predicted octanol–water partition coefficient (Wildman–Crippen LogP) is 2.83. The molecule has 5 rings (SSSR count). The van der Waals surface area contributed by atoms with E-state index in [1.165, 1.54) is 11.0 Å². The van der Waals surface area contributed by atoms with Crippen molar-refractivity contribution in [3.05, 3.63) is 71.5 Å². The van der Waals surface area contributed by atoms with Gasteiger partial charge in [0, 0.05) is 66.6 Å². The van der Waals surface area contributed by atoms with Gasteiger partial charge in [0.1, 0.15) is 17.5 Å². The molecule has 4 aromatic rings. The second-order valence-electron chi connectivity index (χ2n) is 10.3. The minimum atomic E-state index is -3.77. The van der Waals surface area contributed by atoms with Crippen LogP contribution in [0.3, 0.4) is 0 Å². The number of nitrogens with one attached hydrogen (secondary N) is 1. The Labute approximate surface area is 252 Å². The number of hydrogen-bond donors (Lipinski definition) is 1. The number of carbonyl (C=O) groups excluding carboxylic acids is 2. The summed E-state index contributed by atoms with van der Waals surface area (Å²) >= 11 is 6.04. The van der Waals surface area contributed by atoms with E-state index in [0.717, 1.165) is 27.9 Å². The number of pyridine rings is 1. The summed E-state index contributed by atoms with van der Waals surface area (Å²) in [6.07, 6.45) is 3.21. The van der Waals surface area contributed by atoms with Crippen LogP contribution in [0.15, 0.2) is 65.7 Å². The number of imidazole rings is 1. The molecule has 0 radical (unpaired) electrons. The van der Waals surface area contributed by atoms with Crippen LogP contribution in [0.1, 0.15) is 12.1 Å². The van der Waals surface area contributed by atoms with Crippen molar-refractivity contribution in [2.45, 2.75) is 24.3 Å². The molecule has 3 heterocycles. The first-order valence-electron chi connectivity index (χ1n) is 13.5. The minimum Gasteiger partial charge on any atom is -0.353 e. The molecule has 1 N–H and O–H groups in total. The average molecular weight is 630 g/mol. The molecule has 1 saturated heterocycles. The fourth-order valence-electron chi connectivity index (χ4n) is 5.20. The molecule has 13 heteroatoms. The van der Waals surface area contributed by atoms with Crippen molar-refractivity contribution in [1.82, 2.24) is 19.6 Å². The molecular formula is C29H32ClN5O5S2. The lowest BCUT2D eigenvalue weighted by molar-refractivity contribution is -0.140. The molecule has 0 saturated carbocycles. The summed E-state index contributed by atoms with van der Waals surface area (Å²) in [6.45, 7) is 3.01. The van der Waals surface area contributed by atoms with Crippen LogP contribution in [-0.4, -0.2) is 88.7 Å². The zero-order valence-electron chi connectivity index (χ0n) is 23.3. The van der Waals surface area contributed by atoms with Crippen LogP contribution >= 0.6 is 11.6 Å². The number of anilines is 1. The number of sulfone groups is 1. The average Bonchev–Trinajstić information content (AvgIpc) is 3.35. The van der Waals surface area contributed by atoms with Gasteiger partial charge in [0.05, 0.1) is 16.3 Å². The summed E-state index contributed by atoms with van der Waals surface area (Å²) < 4.78 is 39.9. The fraction of sp³-hybridized carbons (Fsp3) is 0.345. The van der Waals surface area contributed by atoms with Crippen molar-refractivity contribution in [2.24, 2.45) is 0 Å². The highest BCUT2D eigenvalue weighted by molar-refractivity contribution is 7.91. The number of piperazine rings is 1. The first-order valence-corrected chi connectivity index (χ1v) is 17.3. The van der Waals surface area contributed by atoms with E-state index < -0.39 is 32.6 Å². The molecule has 0 bridgehead atoms. The number of aromatic nitrogens is 2. The first kappa shape index (κ1) is 30.0.